The molecule has 41 heavy (non-hydrogen) atoms. The zero-order valence-electron chi connectivity index (χ0n) is 25.0. The van der Waals surface area contributed by atoms with E-state index in [4.69, 9.17) is 9.47 Å². The summed E-state index contributed by atoms with van der Waals surface area (Å²) in [6.07, 6.45) is 6.57. The van der Waals surface area contributed by atoms with Crippen LogP contribution in [0.5, 0.6) is 0 Å². The molecule has 2 heterocycles. The molecule has 0 aromatic heterocycles. The van der Waals surface area contributed by atoms with Crippen LogP contribution in [0.4, 0.5) is 0 Å². The molecule has 9 nitrogen and oxygen atoms in total. The van der Waals surface area contributed by atoms with Crippen molar-refractivity contribution in [2.45, 2.75) is 152 Å². The number of aliphatic hydroxyl groups excluding tert-OH is 4. The highest BCUT2D eigenvalue weighted by molar-refractivity contribution is 5.80. The highest BCUT2D eigenvalue weighted by Gasteiger charge is 2.64. The van der Waals surface area contributed by atoms with Crippen LogP contribution in [0.3, 0.4) is 0 Å². The average molecular weight is 580 g/mol. The van der Waals surface area contributed by atoms with Gasteiger partial charge in [-0.15, -0.1) is 0 Å². The summed E-state index contributed by atoms with van der Waals surface area (Å²) in [4.78, 5) is 16.1. The Hall–Kier alpha value is -0.810. The largest absolute Gasteiger partial charge is 0.394 e. The first-order valence-electron chi connectivity index (χ1n) is 16.5. The summed E-state index contributed by atoms with van der Waals surface area (Å²) in [6, 6.07) is 0. The molecule has 1 amide bonds. The lowest BCUT2D eigenvalue weighted by Crippen LogP contribution is -2.68. The number of hydrogen-bond acceptors (Lipinski definition) is 8. The monoisotopic (exact) mass is 579 g/mol. The molecule has 9 heteroatoms. The predicted octanol–water partition coefficient (Wildman–Crippen LogP) is 2.49. The predicted molar refractivity (Wildman–Crippen MR) is 150 cm³/mol. The molecular formula is C32H53NO8. The number of carbonyl (C=O) groups excluding carboxylic acids is 1. The van der Waals surface area contributed by atoms with Crippen LogP contribution in [-0.2, 0) is 14.3 Å². The van der Waals surface area contributed by atoms with Gasteiger partial charge in [-0.2, -0.15) is 0 Å². The summed E-state index contributed by atoms with van der Waals surface area (Å²) in [6.45, 7) is 5.02. The summed E-state index contributed by atoms with van der Waals surface area (Å²) >= 11 is 0. The van der Waals surface area contributed by atoms with Gasteiger partial charge in [-0.3, -0.25) is 4.79 Å². The first-order valence-corrected chi connectivity index (χ1v) is 16.5. The molecule has 4 saturated carbocycles. The van der Waals surface area contributed by atoms with Crippen molar-refractivity contribution in [2.24, 2.45) is 29.1 Å². The van der Waals surface area contributed by atoms with Gasteiger partial charge in [0.1, 0.15) is 24.4 Å². The summed E-state index contributed by atoms with van der Waals surface area (Å²) in [5.41, 5.74) is -1.27. The molecular weight excluding hydrogens is 526 g/mol. The van der Waals surface area contributed by atoms with Crippen LogP contribution in [0.15, 0.2) is 0 Å². The quantitative estimate of drug-likeness (QED) is 0.320. The van der Waals surface area contributed by atoms with Crippen LogP contribution in [0.1, 0.15) is 104 Å². The minimum Gasteiger partial charge on any atom is -0.394 e. The molecule has 0 aromatic carbocycles. The molecule has 234 valence electrons. The van der Waals surface area contributed by atoms with Gasteiger partial charge >= 0.3 is 0 Å². The van der Waals surface area contributed by atoms with E-state index in [1.165, 1.54) is 19.3 Å². The van der Waals surface area contributed by atoms with Crippen LogP contribution in [0.25, 0.3) is 0 Å². The Labute approximate surface area is 244 Å². The molecule has 2 saturated heterocycles. The number of ether oxygens (including phenoxy) is 2. The maximum atomic E-state index is 13.8. The third-order valence-corrected chi connectivity index (χ3v) is 13.0. The number of amides is 1. The van der Waals surface area contributed by atoms with Crippen molar-refractivity contribution in [1.29, 1.82) is 0 Å². The standard InChI is InChI=1S/C32H53NO8/c1-30-13-10-20(40-29-27(37)26(36)25(35)24(18-34)41-29)17-32(30,39)15-11-21-22(30)12-14-31(2)23(21)9-6-16-33(31)28(38)19-7-4-3-5-8-19/h19-27,29,34-37,39H,3-18H2,1-2H3/t20-,21+,22?,23?,24-,25-,26+,27?,29-,30+,31-,32?/m0/s1. The zero-order valence-corrected chi connectivity index (χ0v) is 25.0. The van der Waals surface area contributed by atoms with Crippen LogP contribution >= 0.6 is 0 Å². The normalized spacial score (nSPS) is 50.9. The van der Waals surface area contributed by atoms with Gasteiger partial charge in [0.15, 0.2) is 6.29 Å². The molecule has 12 atom stereocenters. The van der Waals surface area contributed by atoms with Gasteiger partial charge in [0, 0.05) is 24.4 Å². The lowest BCUT2D eigenvalue weighted by Gasteiger charge is -2.66. The molecule has 6 aliphatic rings. The summed E-state index contributed by atoms with van der Waals surface area (Å²) in [5, 5.41) is 52.6. The summed E-state index contributed by atoms with van der Waals surface area (Å²) in [5.74, 6) is 1.94. The highest BCUT2D eigenvalue weighted by atomic mass is 16.7. The van der Waals surface area contributed by atoms with Gasteiger partial charge in [0.25, 0.3) is 0 Å². The Morgan fingerprint density at radius 1 is 0.878 bits per heavy atom. The summed E-state index contributed by atoms with van der Waals surface area (Å²) in [7, 11) is 0. The van der Waals surface area contributed by atoms with Gasteiger partial charge < -0.3 is 39.9 Å². The molecule has 0 bridgehead atoms. The van der Waals surface area contributed by atoms with Crippen LogP contribution in [0, 0.1) is 29.1 Å². The van der Waals surface area contributed by atoms with Crippen molar-refractivity contribution in [2.75, 3.05) is 13.2 Å². The zero-order chi connectivity index (χ0) is 29.2. The molecule has 0 radical (unpaired) electrons. The van der Waals surface area contributed by atoms with Gasteiger partial charge in [-0.05, 0) is 94.3 Å². The first kappa shape index (κ1) is 30.2. The van der Waals surface area contributed by atoms with E-state index in [0.29, 0.717) is 42.9 Å². The van der Waals surface area contributed by atoms with Gasteiger partial charge in [0.2, 0.25) is 5.91 Å². The maximum Gasteiger partial charge on any atom is 0.226 e. The van der Waals surface area contributed by atoms with E-state index in [1.54, 1.807) is 0 Å². The Morgan fingerprint density at radius 2 is 1.63 bits per heavy atom. The fourth-order valence-electron chi connectivity index (χ4n) is 10.5. The Morgan fingerprint density at radius 3 is 2.37 bits per heavy atom. The lowest BCUT2D eigenvalue weighted by molar-refractivity contribution is -0.323. The van der Waals surface area contributed by atoms with Crippen molar-refractivity contribution < 1.29 is 39.8 Å². The molecule has 6 fully saturated rings. The number of likely N-dealkylation sites (tertiary alicyclic amines) is 1. The van der Waals surface area contributed by atoms with E-state index in [1.807, 2.05) is 0 Å². The number of carbonyl (C=O) groups is 1. The van der Waals surface area contributed by atoms with Gasteiger partial charge in [-0.25, -0.2) is 0 Å². The minimum atomic E-state index is -1.48. The highest BCUT2D eigenvalue weighted by Crippen LogP contribution is 2.65. The third-order valence-electron chi connectivity index (χ3n) is 13.0. The second-order valence-electron chi connectivity index (χ2n) is 14.9. The number of nitrogens with zero attached hydrogens (tertiary/aromatic N) is 1. The van der Waals surface area contributed by atoms with Crippen LogP contribution in [0.2, 0.25) is 0 Å². The smallest absolute Gasteiger partial charge is 0.226 e. The molecule has 0 spiro atoms. The van der Waals surface area contributed by atoms with E-state index < -0.39 is 42.9 Å². The van der Waals surface area contributed by atoms with Gasteiger partial charge in [0.05, 0.1) is 18.3 Å². The minimum absolute atomic E-state index is 0.0941. The van der Waals surface area contributed by atoms with E-state index in [9.17, 15) is 30.3 Å². The van der Waals surface area contributed by atoms with Gasteiger partial charge in [-0.1, -0.05) is 26.2 Å². The summed E-state index contributed by atoms with van der Waals surface area (Å²) < 4.78 is 11.7. The van der Waals surface area contributed by atoms with Crippen LogP contribution in [-0.4, -0.2) is 97.4 Å². The third kappa shape index (κ3) is 4.90. The number of hydrogen-bond donors (Lipinski definition) is 5. The number of fused-ring (bicyclic) bond motifs is 5. The average Bonchev–Trinajstić information content (AvgIpc) is 2.97. The Balaban J connectivity index is 1.15. The fraction of sp³-hybridized carbons (Fsp3) is 0.969. The van der Waals surface area contributed by atoms with E-state index >= 15 is 0 Å². The van der Waals surface area contributed by atoms with E-state index in [-0.39, 0.29) is 23.0 Å². The molecule has 5 N–H and O–H groups in total. The number of rotatable bonds is 4. The lowest BCUT2D eigenvalue weighted by atomic mass is 9.43. The van der Waals surface area contributed by atoms with Crippen molar-refractivity contribution in [3.8, 4) is 0 Å². The Bertz CT molecular complexity index is 958. The molecule has 6 rings (SSSR count). The topological polar surface area (TPSA) is 140 Å². The molecule has 0 aromatic rings. The molecule has 4 aliphatic carbocycles. The molecule has 2 aliphatic heterocycles. The van der Waals surface area contributed by atoms with Crippen molar-refractivity contribution in [3.63, 3.8) is 0 Å². The maximum absolute atomic E-state index is 13.8. The second kappa shape index (κ2) is 11.3. The fourth-order valence-corrected chi connectivity index (χ4v) is 10.5. The Kier molecular flexibility index (Phi) is 8.31. The first-order chi connectivity index (χ1) is 19.5. The number of piperidine rings is 1. The van der Waals surface area contributed by atoms with E-state index in [2.05, 4.69) is 18.7 Å². The van der Waals surface area contributed by atoms with Crippen molar-refractivity contribution in [3.05, 3.63) is 0 Å². The van der Waals surface area contributed by atoms with Crippen molar-refractivity contribution >= 4 is 5.91 Å². The van der Waals surface area contributed by atoms with E-state index in [0.717, 1.165) is 57.9 Å². The van der Waals surface area contributed by atoms with Crippen molar-refractivity contribution in [1.82, 2.24) is 4.90 Å². The SMILES string of the molecule is C[C@]12CCC3[C@@H](CCC4(O)C[C@@H](O[C@H]5O[C@@H](CO)[C@H](O)[C@@H](O)C5O)CC[C@]34C)C1CCCN2C(=O)C1CCCCC1. The second-order valence-corrected chi connectivity index (χ2v) is 14.9. The van der Waals surface area contributed by atoms with Crippen LogP contribution < -0.4 is 0 Å². The number of aliphatic hydroxyl groups is 5. The molecule has 4 unspecified atom stereocenters.